The van der Waals surface area contributed by atoms with Gasteiger partial charge in [0.15, 0.2) is 11.5 Å². The number of carbonyl (C=O) groups is 2. The van der Waals surface area contributed by atoms with Crippen LogP contribution in [0.4, 0.5) is 0 Å². The molecule has 1 atom stereocenters. The highest BCUT2D eigenvalue weighted by molar-refractivity contribution is 5.96. The predicted octanol–water partition coefficient (Wildman–Crippen LogP) is 4.73. The normalized spacial score (nSPS) is 19.6. The molecule has 1 saturated heterocycles. The van der Waals surface area contributed by atoms with Crippen molar-refractivity contribution >= 4 is 11.8 Å². The van der Waals surface area contributed by atoms with Crippen molar-refractivity contribution in [3.8, 4) is 11.5 Å². The van der Waals surface area contributed by atoms with Gasteiger partial charge in [0.2, 0.25) is 5.91 Å². The molecule has 1 aliphatic heterocycles. The number of rotatable bonds is 8. The molecule has 2 aromatic carbocycles. The first-order valence-corrected chi connectivity index (χ1v) is 12.1. The van der Waals surface area contributed by atoms with Crippen LogP contribution in [0.3, 0.4) is 0 Å². The third-order valence-corrected chi connectivity index (χ3v) is 6.63. The van der Waals surface area contributed by atoms with Crippen molar-refractivity contribution in [2.75, 3.05) is 20.3 Å². The number of carbonyl (C=O) groups excluding carboxylic acids is 2. The molecule has 0 N–H and O–H groups in total. The molecule has 1 heterocycles. The average molecular weight is 451 g/mol. The van der Waals surface area contributed by atoms with Crippen LogP contribution >= 0.6 is 0 Å². The lowest BCUT2D eigenvalue weighted by Gasteiger charge is -2.44. The maximum absolute atomic E-state index is 13.9. The molecule has 176 valence electrons. The first kappa shape index (κ1) is 23.1. The molecular weight excluding hydrogens is 416 g/mol. The highest BCUT2D eigenvalue weighted by Gasteiger charge is 2.43. The van der Waals surface area contributed by atoms with Gasteiger partial charge in [-0.1, -0.05) is 62.6 Å². The third kappa shape index (κ3) is 5.15. The lowest BCUT2D eigenvalue weighted by atomic mass is 9.91. The predicted molar refractivity (Wildman–Crippen MR) is 127 cm³/mol. The van der Waals surface area contributed by atoms with Crippen LogP contribution in [0.1, 0.15) is 62.6 Å². The summed E-state index contributed by atoms with van der Waals surface area (Å²) < 4.78 is 11.4. The number of nitrogens with zero attached hydrogens (tertiary/aromatic N) is 2. The fourth-order valence-electron chi connectivity index (χ4n) is 4.92. The summed E-state index contributed by atoms with van der Waals surface area (Å²) >= 11 is 0. The second-order valence-corrected chi connectivity index (χ2v) is 8.93. The average Bonchev–Trinajstić information content (AvgIpc) is 2.86. The molecule has 6 heteroatoms. The van der Waals surface area contributed by atoms with E-state index in [2.05, 4.69) is 6.92 Å². The molecule has 6 nitrogen and oxygen atoms in total. The van der Waals surface area contributed by atoms with Crippen molar-refractivity contribution in [3.05, 3.63) is 59.7 Å². The van der Waals surface area contributed by atoms with Gasteiger partial charge in [-0.3, -0.25) is 9.59 Å². The summed E-state index contributed by atoms with van der Waals surface area (Å²) in [5.74, 6) is 1.22. The van der Waals surface area contributed by atoms with E-state index in [-0.39, 0.29) is 24.4 Å². The number of amides is 2. The van der Waals surface area contributed by atoms with E-state index in [0.717, 1.165) is 43.2 Å². The van der Waals surface area contributed by atoms with Crippen LogP contribution in [0.2, 0.25) is 0 Å². The minimum atomic E-state index is -0.678. The monoisotopic (exact) mass is 450 g/mol. The van der Waals surface area contributed by atoms with Crippen molar-refractivity contribution in [2.45, 2.75) is 64.1 Å². The van der Waals surface area contributed by atoms with Gasteiger partial charge in [-0.15, -0.1) is 0 Å². The van der Waals surface area contributed by atoms with Gasteiger partial charge in [-0.2, -0.15) is 0 Å². The molecule has 2 amide bonds. The Balaban J connectivity index is 1.69. The van der Waals surface area contributed by atoms with Gasteiger partial charge in [0, 0.05) is 12.6 Å². The molecule has 0 bridgehead atoms. The van der Waals surface area contributed by atoms with E-state index in [1.54, 1.807) is 12.0 Å². The fourth-order valence-corrected chi connectivity index (χ4v) is 4.92. The van der Waals surface area contributed by atoms with E-state index in [0.29, 0.717) is 24.7 Å². The number of hydrogen-bond donors (Lipinski definition) is 0. The zero-order chi connectivity index (χ0) is 23.2. The van der Waals surface area contributed by atoms with Crippen LogP contribution in [-0.4, -0.2) is 47.9 Å². The maximum atomic E-state index is 13.9. The summed E-state index contributed by atoms with van der Waals surface area (Å²) in [5, 5.41) is 0. The number of piperazine rings is 1. The Bertz CT molecular complexity index is 956. The zero-order valence-electron chi connectivity index (χ0n) is 19.7. The standard InChI is InChI=1S/C27H34N2O4/c1-3-16-33-23-15-14-21(17-24(23)32-2)26-27(31)28(22-12-8-5-9-13-22)19-25(30)29(26)18-20-10-6-4-7-11-20/h4,6-7,10-11,14-15,17,22,26H,3,5,8-9,12-13,16,18-19H2,1-2H3/t26-/m1/s1. The van der Waals surface area contributed by atoms with Gasteiger partial charge in [0.05, 0.1) is 13.7 Å². The SMILES string of the molecule is CCCOc1ccc([C@@H]2C(=O)N(C3CCCCC3)CC(=O)N2Cc2ccccc2)cc1OC. The molecule has 2 fully saturated rings. The molecular formula is C27H34N2O4. The maximum Gasteiger partial charge on any atom is 0.250 e. The molecule has 0 radical (unpaired) electrons. The molecule has 2 aliphatic rings. The molecule has 33 heavy (non-hydrogen) atoms. The summed E-state index contributed by atoms with van der Waals surface area (Å²) in [7, 11) is 1.60. The van der Waals surface area contributed by atoms with Crippen LogP contribution in [0.15, 0.2) is 48.5 Å². The van der Waals surface area contributed by atoms with Crippen molar-refractivity contribution in [1.29, 1.82) is 0 Å². The zero-order valence-corrected chi connectivity index (χ0v) is 19.7. The summed E-state index contributed by atoms with van der Waals surface area (Å²) in [5.41, 5.74) is 1.76. The summed E-state index contributed by atoms with van der Waals surface area (Å²) in [6.07, 6.45) is 6.25. The highest BCUT2D eigenvalue weighted by Crippen LogP contribution is 2.37. The second kappa shape index (κ2) is 10.7. The molecule has 1 saturated carbocycles. The van der Waals surface area contributed by atoms with Crippen LogP contribution in [0.5, 0.6) is 11.5 Å². The minimum Gasteiger partial charge on any atom is -0.493 e. The number of hydrogen-bond acceptors (Lipinski definition) is 4. The first-order chi connectivity index (χ1) is 16.1. The summed E-state index contributed by atoms with van der Waals surface area (Å²) in [4.78, 5) is 30.9. The number of methoxy groups -OCH3 is 1. The molecule has 1 aliphatic carbocycles. The van der Waals surface area contributed by atoms with Crippen molar-refractivity contribution in [2.24, 2.45) is 0 Å². The van der Waals surface area contributed by atoms with Crippen LogP contribution in [0, 0.1) is 0 Å². The largest absolute Gasteiger partial charge is 0.493 e. The van der Waals surface area contributed by atoms with Gasteiger partial charge in [-0.25, -0.2) is 0 Å². The Morgan fingerprint density at radius 1 is 0.970 bits per heavy atom. The van der Waals surface area contributed by atoms with Crippen molar-refractivity contribution in [3.63, 3.8) is 0 Å². The third-order valence-electron chi connectivity index (χ3n) is 6.63. The van der Waals surface area contributed by atoms with Crippen LogP contribution in [0.25, 0.3) is 0 Å². The number of benzene rings is 2. The van der Waals surface area contributed by atoms with Gasteiger partial charge >= 0.3 is 0 Å². The molecule has 4 rings (SSSR count). The van der Waals surface area contributed by atoms with Crippen LogP contribution < -0.4 is 9.47 Å². The molecule has 0 aromatic heterocycles. The molecule has 2 aromatic rings. The van der Waals surface area contributed by atoms with Gasteiger partial charge < -0.3 is 19.3 Å². The van der Waals surface area contributed by atoms with Gasteiger partial charge in [-0.05, 0) is 42.5 Å². The minimum absolute atomic E-state index is 0.00158. The molecule has 0 spiro atoms. The Morgan fingerprint density at radius 2 is 1.73 bits per heavy atom. The van der Waals surface area contributed by atoms with E-state index < -0.39 is 6.04 Å². The Hall–Kier alpha value is -3.02. The van der Waals surface area contributed by atoms with Gasteiger partial charge in [0.1, 0.15) is 12.6 Å². The van der Waals surface area contributed by atoms with E-state index in [4.69, 9.17) is 9.47 Å². The van der Waals surface area contributed by atoms with Crippen LogP contribution in [-0.2, 0) is 16.1 Å². The van der Waals surface area contributed by atoms with Crippen molar-refractivity contribution < 1.29 is 19.1 Å². The van der Waals surface area contributed by atoms with E-state index in [9.17, 15) is 9.59 Å². The second-order valence-electron chi connectivity index (χ2n) is 8.93. The Morgan fingerprint density at radius 3 is 2.42 bits per heavy atom. The Labute approximate surface area is 196 Å². The Kier molecular flexibility index (Phi) is 7.53. The van der Waals surface area contributed by atoms with Crippen molar-refractivity contribution in [1.82, 2.24) is 9.80 Å². The summed E-state index contributed by atoms with van der Waals surface area (Å²) in [6, 6.07) is 14.9. The quantitative estimate of drug-likeness (QED) is 0.583. The lowest BCUT2D eigenvalue weighted by molar-refractivity contribution is -0.160. The number of ether oxygens (including phenoxy) is 2. The van der Waals surface area contributed by atoms with E-state index >= 15 is 0 Å². The van der Waals surface area contributed by atoms with E-state index in [1.165, 1.54) is 6.42 Å². The fraction of sp³-hybridized carbons (Fsp3) is 0.481. The van der Waals surface area contributed by atoms with E-state index in [1.807, 2.05) is 53.4 Å². The smallest absolute Gasteiger partial charge is 0.250 e. The topological polar surface area (TPSA) is 59.1 Å². The summed E-state index contributed by atoms with van der Waals surface area (Å²) in [6.45, 7) is 3.19. The lowest BCUT2D eigenvalue weighted by Crippen LogP contribution is -2.58. The van der Waals surface area contributed by atoms with Gasteiger partial charge in [0.25, 0.3) is 5.91 Å². The molecule has 0 unspecified atom stereocenters. The first-order valence-electron chi connectivity index (χ1n) is 12.1. The highest BCUT2D eigenvalue weighted by atomic mass is 16.5.